The fraction of sp³-hybridized carbons (Fsp3) is 0.583. The third-order valence-electron chi connectivity index (χ3n) is 3.42. The minimum Gasteiger partial charge on any atom is -0.481 e. The van der Waals surface area contributed by atoms with Crippen LogP contribution in [-0.4, -0.2) is 11.1 Å². The van der Waals surface area contributed by atoms with Gasteiger partial charge < -0.3 is 9.52 Å². The third kappa shape index (κ3) is 1.46. The Morgan fingerprint density at radius 3 is 2.40 bits per heavy atom. The van der Waals surface area contributed by atoms with E-state index in [1.807, 2.05) is 19.9 Å². The molecule has 1 aliphatic carbocycles. The SMILES string of the molecule is Cc1cc(C2(C(=O)O)CCCC2)c(C)o1. The molecule has 15 heavy (non-hydrogen) atoms. The van der Waals surface area contributed by atoms with E-state index >= 15 is 0 Å². The fourth-order valence-electron chi connectivity index (χ4n) is 2.68. The van der Waals surface area contributed by atoms with Crippen molar-refractivity contribution in [2.24, 2.45) is 0 Å². The van der Waals surface area contributed by atoms with Crippen LogP contribution >= 0.6 is 0 Å². The molecule has 1 aromatic rings. The zero-order valence-corrected chi connectivity index (χ0v) is 9.17. The zero-order chi connectivity index (χ0) is 11.1. The second-order valence-corrected chi connectivity index (χ2v) is 4.42. The normalized spacial score (nSPS) is 19.3. The van der Waals surface area contributed by atoms with Gasteiger partial charge in [0.25, 0.3) is 0 Å². The number of aliphatic carboxylic acids is 1. The van der Waals surface area contributed by atoms with E-state index in [-0.39, 0.29) is 0 Å². The first-order chi connectivity index (χ1) is 7.06. The summed E-state index contributed by atoms with van der Waals surface area (Å²) in [4.78, 5) is 11.4. The lowest BCUT2D eigenvalue weighted by molar-refractivity contribution is -0.143. The molecule has 0 aliphatic heterocycles. The highest BCUT2D eigenvalue weighted by atomic mass is 16.4. The Morgan fingerprint density at radius 2 is 2.00 bits per heavy atom. The van der Waals surface area contributed by atoms with Gasteiger partial charge in [-0.3, -0.25) is 4.79 Å². The monoisotopic (exact) mass is 208 g/mol. The average molecular weight is 208 g/mol. The van der Waals surface area contributed by atoms with E-state index in [1.54, 1.807) is 0 Å². The summed E-state index contributed by atoms with van der Waals surface area (Å²) in [6, 6.07) is 1.88. The van der Waals surface area contributed by atoms with Crippen LogP contribution in [0.3, 0.4) is 0 Å². The number of carboxylic acids is 1. The third-order valence-corrected chi connectivity index (χ3v) is 3.42. The van der Waals surface area contributed by atoms with Crippen molar-refractivity contribution in [3.05, 3.63) is 23.2 Å². The Morgan fingerprint density at radius 1 is 1.40 bits per heavy atom. The summed E-state index contributed by atoms with van der Waals surface area (Å²) in [6.07, 6.45) is 3.47. The van der Waals surface area contributed by atoms with Crippen LogP contribution < -0.4 is 0 Å². The Balaban J connectivity index is 2.49. The average Bonchev–Trinajstić information content (AvgIpc) is 2.72. The molecule has 0 bridgehead atoms. The highest BCUT2D eigenvalue weighted by molar-refractivity contribution is 5.82. The first-order valence-electron chi connectivity index (χ1n) is 5.37. The Kier molecular flexibility index (Phi) is 2.33. The number of hydrogen-bond acceptors (Lipinski definition) is 2. The summed E-state index contributed by atoms with van der Waals surface area (Å²) in [7, 11) is 0. The minimum absolute atomic E-state index is 0.679. The van der Waals surface area contributed by atoms with Crippen molar-refractivity contribution in [3.8, 4) is 0 Å². The van der Waals surface area contributed by atoms with Crippen molar-refractivity contribution in [2.75, 3.05) is 0 Å². The fourth-order valence-corrected chi connectivity index (χ4v) is 2.68. The molecule has 0 spiro atoms. The quantitative estimate of drug-likeness (QED) is 0.813. The Labute approximate surface area is 89.1 Å². The summed E-state index contributed by atoms with van der Waals surface area (Å²) >= 11 is 0. The summed E-state index contributed by atoms with van der Waals surface area (Å²) in [6.45, 7) is 3.71. The lowest BCUT2D eigenvalue weighted by atomic mass is 9.79. The molecular formula is C12H16O3. The molecule has 0 radical (unpaired) electrons. The van der Waals surface area contributed by atoms with E-state index in [1.165, 1.54) is 0 Å². The molecule has 1 heterocycles. The Bertz CT molecular complexity index is 384. The van der Waals surface area contributed by atoms with Gasteiger partial charge in [0.2, 0.25) is 0 Å². The zero-order valence-electron chi connectivity index (χ0n) is 9.17. The second kappa shape index (κ2) is 3.40. The molecule has 1 fully saturated rings. The maximum atomic E-state index is 11.4. The maximum absolute atomic E-state index is 11.4. The standard InChI is InChI=1S/C12H16O3/c1-8-7-10(9(2)15-8)12(11(13)14)5-3-4-6-12/h7H,3-6H2,1-2H3,(H,13,14). The number of hydrogen-bond donors (Lipinski definition) is 1. The number of rotatable bonds is 2. The molecule has 1 aromatic heterocycles. The lowest BCUT2D eigenvalue weighted by Gasteiger charge is -2.22. The predicted octanol–water partition coefficient (Wildman–Crippen LogP) is 2.79. The van der Waals surface area contributed by atoms with Crippen LogP contribution in [0.2, 0.25) is 0 Å². The van der Waals surface area contributed by atoms with Gasteiger partial charge in [0.05, 0.1) is 5.41 Å². The van der Waals surface area contributed by atoms with E-state index in [0.717, 1.165) is 42.8 Å². The summed E-state index contributed by atoms with van der Waals surface area (Å²) in [5.41, 5.74) is 0.201. The van der Waals surface area contributed by atoms with Gasteiger partial charge in [0, 0.05) is 5.56 Å². The molecule has 2 rings (SSSR count). The van der Waals surface area contributed by atoms with Crippen LogP contribution in [0.1, 0.15) is 42.8 Å². The Hall–Kier alpha value is -1.25. The molecule has 3 heteroatoms. The first kappa shape index (κ1) is 10.3. The van der Waals surface area contributed by atoms with Crippen molar-refractivity contribution in [3.63, 3.8) is 0 Å². The largest absolute Gasteiger partial charge is 0.481 e. The molecule has 0 atom stereocenters. The lowest BCUT2D eigenvalue weighted by Crippen LogP contribution is -2.32. The summed E-state index contributed by atoms with van der Waals surface area (Å²) in [5.74, 6) is 0.857. The van der Waals surface area contributed by atoms with Gasteiger partial charge in [0.1, 0.15) is 11.5 Å². The van der Waals surface area contributed by atoms with Gasteiger partial charge in [-0.25, -0.2) is 0 Å². The van der Waals surface area contributed by atoms with Crippen LogP contribution in [0.4, 0.5) is 0 Å². The smallest absolute Gasteiger partial charge is 0.314 e. The molecule has 0 saturated heterocycles. The summed E-state index contributed by atoms with van der Waals surface area (Å²) in [5, 5.41) is 9.41. The van der Waals surface area contributed by atoms with Crippen LogP contribution in [0, 0.1) is 13.8 Å². The predicted molar refractivity (Wildman–Crippen MR) is 56.0 cm³/mol. The van der Waals surface area contributed by atoms with Crippen LogP contribution in [0.15, 0.2) is 10.5 Å². The van der Waals surface area contributed by atoms with Gasteiger partial charge >= 0.3 is 5.97 Å². The molecule has 82 valence electrons. The number of furan rings is 1. The molecule has 3 nitrogen and oxygen atoms in total. The number of carboxylic acid groups (broad SMARTS) is 1. The van der Waals surface area contributed by atoms with E-state index < -0.39 is 11.4 Å². The molecule has 1 aliphatic rings. The van der Waals surface area contributed by atoms with E-state index in [9.17, 15) is 9.90 Å². The van der Waals surface area contributed by atoms with Crippen molar-refractivity contribution < 1.29 is 14.3 Å². The topological polar surface area (TPSA) is 50.4 Å². The van der Waals surface area contributed by atoms with Crippen molar-refractivity contribution >= 4 is 5.97 Å². The van der Waals surface area contributed by atoms with Gasteiger partial charge in [-0.05, 0) is 32.8 Å². The van der Waals surface area contributed by atoms with Crippen molar-refractivity contribution in [1.29, 1.82) is 0 Å². The molecular weight excluding hydrogens is 192 g/mol. The van der Waals surface area contributed by atoms with Gasteiger partial charge in [0.15, 0.2) is 0 Å². The minimum atomic E-state index is -0.705. The molecule has 0 aromatic carbocycles. The van der Waals surface area contributed by atoms with Crippen LogP contribution in [-0.2, 0) is 10.2 Å². The number of carbonyl (C=O) groups is 1. The summed E-state index contributed by atoms with van der Waals surface area (Å²) < 4.78 is 5.44. The molecule has 0 unspecified atom stereocenters. The van der Waals surface area contributed by atoms with E-state index in [2.05, 4.69) is 0 Å². The van der Waals surface area contributed by atoms with Crippen molar-refractivity contribution in [2.45, 2.75) is 44.9 Å². The highest BCUT2D eigenvalue weighted by Gasteiger charge is 2.44. The van der Waals surface area contributed by atoms with E-state index in [0.29, 0.717) is 0 Å². The molecule has 1 saturated carbocycles. The van der Waals surface area contributed by atoms with E-state index in [4.69, 9.17) is 4.42 Å². The van der Waals surface area contributed by atoms with Gasteiger partial charge in [-0.15, -0.1) is 0 Å². The second-order valence-electron chi connectivity index (χ2n) is 4.42. The van der Waals surface area contributed by atoms with Crippen LogP contribution in [0.25, 0.3) is 0 Å². The number of aryl methyl sites for hydroxylation is 2. The highest BCUT2D eigenvalue weighted by Crippen LogP contribution is 2.43. The maximum Gasteiger partial charge on any atom is 0.314 e. The van der Waals surface area contributed by atoms with Gasteiger partial charge in [-0.1, -0.05) is 12.8 Å². The first-order valence-corrected chi connectivity index (χ1v) is 5.37. The molecule has 0 amide bonds. The molecule has 1 N–H and O–H groups in total. The van der Waals surface area contributed by atoms with Crippen molar-refractivity contribution in [1.82, 2.24) is 0 Å². The van der Waals surface area contributed by atoms with Crippen LogP contribution in [0.5, 0.6) is 0 Å². The van der Waals surface area contributed by atoms with Gasteiger partial charge in [-0.2, -0.15) is 0 Å².